The highest BCUT2D eigenvalue weighted by Gasteiger charge is 2.11. The van der Waals surface area contributed by atoms with Crippen molar-refractivity contribution in [2.75, 3.05) is 12.3 Å². The number of carbonyl (C=O) groups excluding carboxylic acids is 1. The molecule has 17 heavy (non-hydrogen) atoms. The van der Waals surface area contributed by atoms with Crippen LogP contribution in [0.25, 0.3) is 11.1 Å². The van der Waals surface area contributed by atoms with Crippen LogP contribution in [0, 0.1) is 0 Å². The van der Waals surface area contributed by atoms with Gasteiger partial charge in [-0.1, -0.05) is 18.2 Å². The lowest BCUT2D eigenvalue weighted by atomic mass is 9.99. The Morgan fingerprint density at radius 3 is 2.82 bits per heavy atom. The third-order valence-electron chi connectivity index (χ3n) is 2.69. The molecule has 88 valence electrons. The summed E-state index contributed by atoms with van der Waals surface area (Å²) in [6, 6.07) is 5.68. The van der Waals surface area contributed by atoms with E-state index in [2.05, 4.69) is 0 Å². The second-order valence-corrected chi connectivity index (χ2v) is 4.45. The number of anilines is 1. The first-order valence-electron chi connectivity index (χ1n) is 5.28. The maximum atomic E-state index is 10.9. The molecular weight excluding hydrogens is 234 g/mol. The molecule has 0 radical (unpaired) electrons. The van der Waals surface area contributed by atoms with Crippen LogP contribution < -0.4 is 5.73 Å². The number of para-hydroxylation sites is 1. The van der Waals surface area contributed by atoms with Gasteiger partial charge in [0.25, 0.3) is 0 Å². The molecule has 2 rings (SSSR count). The topological polar surface area (TPSA) is 63.3 Å². The van der Waals surface area contributed by atoms with E-state index in [-0.39, 0.29) is 6.61 Å². The Balaban J connectivity index is 2.52. The minimum atomic E-state index is 0.0673. The van der Waals surface area contributed by atoms with Gasteiger partial charge in [-0.25, -0.2) is 0 Å². The van der Waals surface area contributed by atoms with Gasteiger partial charge < -0.3 is 10.8 Å². The number of carbonyl (C=O) groups is 1. The Labute approximate surface area is 104 Å². The van der Waals surface area contributed by atoms with Crippen LogP contribution >= 0.6 is 11.3 Å². The number of nitrogen functional groups attached to an aromatic ring is 1. The summed E-state index contributed by atoms with van der Waals surface area (Å²) in [5.41, 5.74) is 9.99. The largest absolute Gasteiger partial charge is 0.398 e. The monoisotopic (exact) mass is 247 g/mol. The predicted molar refractivity (Wildman–Crippen MR) is 70.3 cm³/mol. The Hall–Kier alpha value is -1.65. The van der Waals surface area contributed by atoms with Crippen molar-refractivity contribution in [1.29, 1.82) is 0 Å². The smallest absolute Gasteiger partial charge is 0.151 e. The highest BCUT2D eigenvalue weighted by Crippen LogP contribution is 2.32. The lowest BCUT2D eigenvalue weighted by Gasteiger charge is -2.09. The third-order valence-corrected chi connectivity index (χ3v) is 3.45. The number of nitrogens with two attached hydrogens (primary N) is 1. The number of aliphatic hydroxyl groups is 1. The molecule has 0 bridgehead atoms. The molecule has 0 saturated heterocycles. The number of rotatable bonds is 4. The zero-order valence-electron chi connectivity index (χ0n) is 9.22. The van der Waals surface area contributed by atoms with E-state index >= 15 is 0 Å². The molecule has 2 aromatic rings. The Bertz CT molecular complexity index is 534. The fourth-order valence-electron chi connectivity index (χ4n) is 1.80. The van der Waals surface area contributed by atoms with Gasteiger partial charge in [-0.2, -0.15) is 11.3 Å². The molecule has 1 aromatic heterocycles. The van der Waals surface area contributed by atoms with Crippen molar-refractivity contribution in [1.82, 2.24) is 0 Å². The van der Waals surface area contributed by atoms with Crippen LogP contribution in [0.15, 0.2) is 29.0 Å². The lowest BCUT2D eigenvalue weighted by molar-refractivity contribution is 0.112. The molecule has 4 heteroatoms. The van der Waals surface area contributed by atoms with E-state index in [0.717, 1.165) is 23.0 Å². The Kier molecular flexibility index (Phi) is 3.56. The summed E-state index contributed by atoms with van der Waals surface area (Å²) >= 11 is 1.48. The van der Waals surface area contributed by atoms with Crippen LogP contribution in [0.4, 0.5) is 5.69 Å². The second-order valence-electron chi connectivity index (χ2n) is 3.71. The fraction of sp³-hybridized carbons (Fsp3) is 0.154. The summed E-state index contributed by atoms with van der Waals surface area (Å²) in [5, 5.41) is 12.7. The molecule has 1 heterocycles. The second kappa shape index (κ2) is 5.12. The van der Waals surface area contributed by atoms with E-state index in [1.807, 2.05) is 23.6 Å². The van der Waals surface area contributed by atoms with E-state index in [9.17, 15) is 4.79 Å². The van der Waals surface area contributed by atoms with Gasteiger partial charge in [-0.05, 0) is 17.4 Å². The van der Waals surface area contributed by atoms with Crippen molar-refractivity contribution in [3.63, 3.8) is 0 Å². The first-order chi connectivity index (χ1) is 8.27. The number of thiophene rings is 1. The van der Waals surface area contributed by atoms with Gasteiger partial charge in [0.05, 0.1) is 0 Å². The standard InChI is InChI=1S/C13H13NO2S/c14-13-9(4-5-15)2-1-3-11(13)12-8-17-7-10(12)6-16/h1-3,6-8,15H,4-5,14H2. The van der Waals surface area contributed by atoms with Gasteiger partial charge >= 0.3 is 0 Å². The first-order valence-corrected chi connectivity index (χ1v) is 6.22. The number of aliphatic hydroxyl groups excluding tert-OH is 1. The number of hydrogen-bond acceptors (Lipinski definition) is 4. The minimum Gasteiger partial charge on any atom is -0.398 e. The average molecular weight is 247 g/mol. The van der Waals surface area contributed by atoms with Crippen LogP contribution in [-0.4, -0.2) is 18.0 Å². The summed E-state index contributed by atoms with van der Waals surface area (Å²) in [4.78, 5) is 10.9. The van der Waals surface area contributed by atoms with Crippen LogP contribution in [0.5, 0.6) is 0 Å². The highest BCUT2D eigenvalue weighted by molar-refractivity contribution is 7.08. The molecule has 0 amide bonds. The Morgan fingerprint density at radius 1 is 1.29 bits per heavy atom. The zero-order valence-corrected chi connectivity index (χ0v) is 10.0. The van der Waals surface area contributed by atoms with Gasteiger partial charge in [0, 0.05) is 34.4 Å². The number of aldehydes is 1. The highest BCUT2D eigenvalue weighted by atomic mass is 32.1. The maximum absolute atomic E-state index is 10.9. The first kappa shape index (κ1) is 11.8. The summed E-state index contributed by atoms with van der Waals surface area (Å²) in [6.07, 6.45) is 1.37. The van der Waals surface area contributed by atoms with E-state index in [0.29, 0.717) is 17.7 Å². The SMILES string of the molecule is Nc1c(CCO)cccc1-c1cscc1C=O. The van der Waals surface area contributed by atoms with Crippen LogP contribution in [-0.2, 0) is 6.42 Å². The van der Waals surface area contributed by atoms with Gasteiger partial charge in [0.2, 0.25) is 0 Å². The molecular formula is C13H13NO2S. The maximum Gasteiger partial charge on any atom is 0.151 e. The molecule has 0 unspecified atom stereocenters. The predicted octanol–water partition coefficient (Wildman–Crippen LogP) is 2.34. The summed E-state index contributed by atoms with van der Waals surface area (Å²) in [5.74, 6) is 0. The van der Waals surface area contributed by atoms with E-state index in [1.165, 1.54) is 11.3 Å². The molecule has 0 aliphatic carbocycles. The lowest BCUT2D eigenvalue weighted by Crippen LogP contribution is -2.00. The van der Waals surface area contributed by atoms with Gasteiger partial charge in [0.1, 0.15) is 0 Å². The molecule has 0 aliphatic heterocycles. The van der Waals surface area contributed by atoms with E-state index in [1.54, 1.807) is 5.38 Å². The van der Waals surface area contributed by atoms with Crippen LogP contribution in [0.1, 0.15) is 15.9 Å². The fourth-order valence-corrected chi connectivity index (χ4v) is 2.60. The number of benzene rings is 1. The van der Waals surface area contributed by atoms with Crippen LogP contribution in [0.3, 0.4) is 0 Å². The minimum absolute atomic E-state index is 0.0673. The molecule has 0 saturated carbocycles. The van der Waals surface area contributed by atoms with Crippen molar-refractivity contribution < 1.29 is 9.90 Å². The van der Waals surface area contributed by atoms with Crippen molar-refractivity contribution in [2.24, 2.45) is 0 Å². The molecule has 0 fully saturated rings. The van der Waals surface area contributed by atoms with Gasteiger partial charge in [-0.15, -0.1) is 0 Å². The Morgan fingerprint density at radius 2 is 2.12 bits per heavy atom. The van der Waals surface area contributed by atoms with Gasteiger partial charge in [-0.3, -0.25) is 4.79 Å². The summed E-state index contributed by atoms with van der Waals surface area (Å²) in [6.45, 7) is 0.0673. The van der Waals surface area contributed by atoms with E-state index in [4.69, 9.17) is 10.8 Å². The normalized spacial score (nSPS) is 10.4. The molecule has 3 N–H and O–H groups in total. The molecule has 0 atom stereocenters. The third kappa shape index (κ3) is 2.23. The molecule has 1 aromatic carbocycles. The van der Waals surface area contributed by atoms with Crippen molar-refractivity contribution in [2.45, 2.75) is 6.42 Å². The van der Waals surface area contributed by atoms with Gasteiger partial charge in [0.15, 0.2) is 6.29 Å². The van der Waals surface area contributed by atoms with Crippen molar-refractivity contribution in [3.8, 4) is 11.1 Å². The summed E-state index contributed by atoms with van der Waals surface area (Å²) in [7, 11) is 0. The van der Waals surface area contributed by atoms with Crippen molar-refractivity contribution >= 4 is 23.3 Å². The number of hydrogen-bond donors (Lipinski definition) is 2. The quantitative estimate of drug-likeness (QED) is 0.644. The van der Waals surface area contributed by atoms with Crippen LogP contribution in [0.2, 0.25) is 0 Å². The molecule has 0 spiro atoms. The van der Waals surface area contributed by atoms with Crippen molar-refractivity contribution in [3.05, 3.63) is 40.1 Å². The summed E-state index contributed by atoms with van der Waals surface area (Å²) < 4.78 is 0. The zero-order chi connectivity index (χ0) is 12.3. The molecule has 3 nitrogen and oxygen atoms in total. The van der Waals surface area contributed by atoms with E-state index < -0.39 is 0 Å². The average Bonchev–Trinajstić information content (AvgIpc) is 2.80. The molecule has 0 aliphatic rings.